The number of aliphatic carboxylic acids is 1. The van der Waals surface area contributed by atoms with E-state index in [1.165, 1.54) is 24.3 Å². The first-order chi connectivity index (χ1) is 9.81. The van der Waals surface area contributed by atoms with Crippen LogP contribution in [0.5, 0.6) is 0 Å². The summed E-state index contributed by atoms with van der Waals surface area (Å²) in [5, 5.41) is 19.7. The lowest BCUT2D eigenvalue weighted by atomic mass is 10.1. The summed E-state index contributed by atoms with van der Waals surface area (Å²) in [5.74, 6) is -1.80. The molecule has 0 fully saturated rings. The minimum atomic E-state index is -4.10. The van der Waals surface area contributed by atoms with Crippen LogP contribution in [0.25, 0.3) is 0 Å². The third-order valence-electron chi connectivity index (χ3n) is 3.06. The Balaban J connectivity index is 2.23. The van der Waals surface area contributed by atoms with Crippen molar-refractivity contribution in [1.29, 1.82) is 0 Å². The van der Waals surface area contributed by atoms with E-state index in [1.54, 1.807) is 0 Å². The van der Waals surface area contributed by atoms with Gasteiger partial charge in [0.05, 0.1) is 10.8 Å². The number of nitrogens with one attached hydrogen (secondary N) is 1. The molecule has 0 amide bonds. The molecule has 2 N–H and O–H groups in total. The Morgan fingerprint density at radius 3 is 2.57 bits per heavy atom. The fourth-order valence-electron chi connectivity index (χ4n) is 2.07. The smallest absolute Gasteiger partial charge is 0.310 e. The first kappa shape index (κ1) is 15.1. The zero-order valence-corrected chi connectivity index (χ0v) is 11.5. The highest BCUT2D eigenvalue weighted by Gasteiger charge is 2.31. The second kappa shape index (κ2) is 5.62. The van der Waals surface area contributed by atoms with Gasteiger partial charge in [-0.1, -0.05) is 24.3 Å². The van der Waals surface area contributed by atoms with Crippen molar-refractivity contribution in [3.8, 4) is 0 Å². The Bertz CT molecular complexity index is 712. The van der Waals surface area contributed by atoms with Crippen LogP contribution in [-0.2, 0) is 14.8 Å². The molecule has 0 saturated carbocycles. The van der Waals surface area contributed by atoms with E-state index >= 15 is 0 Å². The number of carboxylic acids is 1. The summed E-state index contributed by atoms with van der Waals surface area (Å²) in [7, 11) is -4.10. The van der Waals surface area contributed by atoms with Crippen LogP contribution in [0.15, 0.2) is 41.3 Å². The maximum Gasteiger partial charge on any atom is 0.310 e. The highest BCUT2D eigenvalue weighted by Crippen LogP contribution is 2.25. The molecule has 0 radical (unpaired) electrons. The fourth-order valence-corrected chi connectivity index (χ4v) is 3.44. The summed E-state index contributed by atoms with van der Waals surface area (Å²) < 4.78 is 26.7. The van der Waals surface area contributed by atoms with Crippen molar-refractivity contribution in [2.24, 2.45) is 5.92 Å². The van der Waals surface area contributed by atoms with Gasteiger partial charge in [0.15, 0.2) is 4.90 Å². The van der Waals surface area contributed by atoms with Crippen molar-refractivity contribution in [1.82, 2.24) is 4.72 Å². The predicted octanol–water partition coefficient (Wildman–Crippen LogP) is 0.902. The van der Waals surface area contributed by atoms with Crippen molar-refractivity contribution < 1.29 is 23.2 Å². The van der Waals surface area contributed by atoms with Gasteiger partial charge in [0.1, 0.15) is 0 Å². The molecule has 2 unspecified atom stereocenters. The molecular formula is C12H12N2O6S. The van der Waals surface area contributed by atoms with E-state index in [4.69, 9.17) is 5.11 Å². The third-order valence-corrected chi connectivity index (χ3v) is 4.60. The van der Waals surface area contributed by atoms with Crippen LogP contribution < -0.4 is 4.72 Å². The molecule has 2 atom stereocenters. The molecule has 0 aromatic heterocycles. The number of hydrogen-bond donors (Lipinski definition) is 2. The molecule has 2 rings (SSSR count). The maximum atomic E-state index is 12.2. The van der Waals surface area contributed by atoms with Gasteiger partial charge in [-0.2, -0.15) is 0 Å². The standard InChI is InChI=1S/C12H12N2O6S/c15-12(16)8-5-6-9(7-8)13-21(19,20)11-4-2-1-3-10(11)14(17)18/h1-6,8-9,13H,7H2,(H,15,16). The topological polar surface area (TPSA) is 127 Å². The molecule has 0 spiro atoms. The Morgan fingerprint density at radius 1 is 1.33 bits per heavy atom. The summed E-state index contributed by atoms with van der Waals surface area (Å²) in [6.07, 6.45) is 2.91. The first-order valence-corrected chi connectivity index (χ1v) is 7.46. The Morgan fingerprint density at radius 2 is 2.00 bits per heavy atom. The van der Waals surface area contributed by atoms with Gasteiger partial charge in [-0.25, -0.2) is 13.1 Å². The largest absolute Gasteiger partial charge is 0.481 e. The Labute approximate surface area is 120 Å². The van der Waals surface area contributed by atoms with Gasteiger partial charge in [0, 0.05) is 12.1 Å². The monoisotopic (exact) mass is 312 g/mol. The number of hydrogen-bond acceptors (Lipinski definition) is 5. The molecule has 0 saturated heterocycles. The van der Waals surface area contributed by atoms with Gasteiger partial charge < -0.3 is 5.11 Å². The zero-order valence-electron chi connectivity index (χ0n) is 10.7. The average molecular weight is 312 g/mol. The van der Waals surface area contributed by atoms with Crippen LogP contribution in [0.2, 0.25) is 0 Å². The van der Waals surface area contributed by atoms with E-state index in [0.717, 1.165) is 12.1 Å². The first-order valence-electron chi connectivity index (χ1n) is 5.98. The van der Waals surface area contributed by atoms with Gasteiger partial charge in [-0.05, 0) is 12.5 Å². The summed E-state index contributed by atoms with van der Waals surface area (Å²) in [5.41, 5.74) is -0.526. The number of benzene rings is 1. The van der Waals surface area contributed by atoms with Crippen molar-refractivity contribution in [2.75, 3.05) is 0 Å². The summed E-state index contributed by atoms with van der Waals surface area (Å²) >= 11 is 0. The number of rotatable bonds is 5. The molecule has 0 bridgehead atoms. The van der Waals surface area contributed by atoms with Gasteiger partial charge in [-0.15, -0.1) is 0 Å². The number of nitrogens with zero attached hydrogens (tertiary/aromatic N) is 1. The van der Waals surface area contributed by atoms with Gasteiger partial charge in [-0.3, -0.25) is 14.9 Å². The number of para-hydroxylation sites is 1. The second-order valence-electron chi connectivity index (χ2n) is 4.52. The van der Waals surface area contributed by atoms with Crippen LogP contribution in [-0.4, -0.2) is 30.5 Å². The highest BCUT2D eigenvalue weighted by molar-refractivity contribution is 7.89. The maximum absolute atomic E-state index is 12.2. The molecule has 1 aliphatic rings. The molecule has 0 aliphatic heterocycles. The highest BCUT2D eigenvalue weighted by atomic mass is 32.2. The number of sulfonamides is 1. The molecular weight excluding hydrogens is 300 g/mol. The van der Waals surface area contributed by atoms with Crippen LogP contribution in [0.1, 0.15) is 6.42 Å². The molecule has 9 heteroatoms. The third kappa shape index (κ3) is 3.26. The molecule has 112 valence electrons. The molecule has 0 heterocycles. The minimum Gasteiger partial charge on any atom is -0.481 e. The molecule has 1 aromatic carbocycles. The van der Waals surface area contributed by atoms with Gasteiger partial charge in [0.2, 0.25) is 10.0 Å². The van der Waals surface area contributed by atoms with Gasteiger partial charge >= 0.3 is 5.97 Å². The van der Waals surface area contributed by atoms with E-state index < -0.39 is 43.5 Å². The van der Waals surface area contributed by atoms with Crippen molar-refractivity contribution >= 4 is 21.7 Å². The van der Waals surface area contributed by atoms with Crippen molar-refractivity contribution in [2.45, 2.75) is 17.4 Å². The number of carbonyl (C=O) groups is 1. The van der Waals surface area contributed by atoms with E-state index in [2.05, 4.69) is 4.72 Å². The summed E-state index contributed by atoms with van der Waals surface area (Å²) in [4.78, 5) is 20.5. The lowest BCUT2D eigenvalue weighted by molar-refractivity contribution is -0.387. The SMILES string of the molecule is O=C(O)C1C=CC(NS(=O)(=O)c2ccccc2[N+](=O)[O-])C1. The van der Waals surface area contributed by atoms with E-state index in [-0.39, 0.29) is 6.42 Å². The van der Waals surface area contributed by atoms with Gasteiger partial charge in [0.25, 0.3) is 5.69 Å². The molecule has 1 aliphatic carbocycles. The van der Waals surface area contributed by atoms with E-state index in [9.17, 15) is 23.3 Å². The zero-order chi connectivity index (χ0) is 15.6. The second-order valence-corrected chi connectivity index (χ2v) is 6.20. The number of nitro groups is 1. The normalized spacial score (nSPS) is 21.3. The lowest BCUT2D eigenvalue weighted by Gasteiger charge is -2.12. The number of carboxylic acid groups (broad SMARTS) is 1. The van der Waals surface area contributed by atoms with Crippen LogP contribution >= 0.6 is 0 Å². The molecule has 1 aromatic rings. The van der Waals surface area contributed by atoms with Crippen molar-refractivity contribution in [3.63, 3.8) is 0 Å². The van der Waals surface area contributed by atoms with Crippen molar-refractivity contribution in [3.05, 3.63) is 46.5 Å². The quantitative estimate of drug-likeness (QED) is 0.472. The summed E-state index contributed by atoms with van der Waals surface area (Å²) in [6, 6.07) is 4.28. The fraction of sp³-hybridized carbons (Fsp3) is 0.250. The van der Waals surface area contributed by atoms with Crippen LogP contribution in [0, 0.1) is 16.0 Å². The predicted molar refractivity (Wildman–Crippen MR) is 72.1 cm³/mol. The lowest BCUT2D eigenvalue weighted by Crippen LogP contribution is -2.33. The molecule has 8 nitrogen and oxygen atoms in total. The minimum absolute atomic E-state index is 0.0786. The van der Waals surface area contributed by atoms with E-state index in [1.807, 2.05) is 0 Å². The van der Waals surface area contributed by atoms with E-state index in [0.29, 0.717) is 0 Å². The van der Waals surface area contributed by atoms with Crippen LogP contribution in [0.3, 0.4) is 0 Å². The Hall–Kier alpha value is -2.26. The average Bonchev–Trinajstić information content (AvgIpc) is 2.86. The Kier molecular flexibility index (Phi) is 4.05. The number of nitro benzene ring substituents is 1. The van der Waals surface area contributed by atoms with Crippen LogP contribution in [0.4, 0.5) is 5.69 Å². The summed E-state index contributed by atoms with van der Waals surface area (Å²) in [6.45, 7) is 0. The molecule has 21 heavy (non-hydrogen) atoms.